The molecule has 0 aliphatic rings. The summed E-state index contributed by atoms with van der Waals surface area (Å²) in [5.41, 5.74) is 0.502. The molecule has 0 bridgehead atoms. The molecule has 2 aromatic heterocycles. The Balaban J connectivity index is 1.51. The van der Waals surface area contributed by atoms with Crippen LogP contribution in [0, 0.1) is 17.0 Å². The summed E-state index contributed by atoms with van der Waals surface area (Å²) in [7, 11) is 0. The zero-order valence-electron chi connectivity index (χ0n) is 18.5. The van der Waals surface area contributed by atoms with Crippen molar-refractivity contribution < 1.29 is 19.2 Å². The Kier molecular flexibility index (Phi) is 6.97. The molecule has 178 valence electrons. The van der Waals surface area contributed by atoms with Gasteiger partial charge >= 0.3 is 5.97 Å². The molecular weight excluding hydrogens is 472 g/mol. The maximum atomic E-state index is 13.1. The molecule has 4 rings (SSSR count). The number of rotatable bonds is 8. The minimum Gasteiger partial charge on any atom is -0.447 e. The maximum Gasteiger partial charge on any atom is 0.308 e. The maximum absolute atomic E-state index is 13.1. The minimum atomic E-state index is -1.35. The fraction of sp³-hybridized carbons (Fsp3) is 0.167. The Morgan fingerprint density at radius 3 is 2.71 bits per heavy atom. The molecule has 0 aliphatic carbocycles. The number of hydrogen-bond acceptors (Lipinski definition) is 8. The SMILES string of the molecule is Cc1ccc(NC(=O)C(OC(=O)CCn2cnc3sccc3c2=O)c2ccccc2)c([N+](=O)[O-])c1. The van der Waals surface area contributed by atoms with E-state index in [4.69, 9.17) is 4.74 Å². The van der Waals surface area contributed by atoms with Crippen LogP contribution in [0.15, 0.2) is 71.1 Å². The van der Waals surface area contributed by atoms with E-state index in [1.54, 1.807) is 54.8 Å². The largest absolute Gasteiger partial charge is 0.447 e. The van der Waals surface area contributed by atoms with Crippen LogP contribution in [0.4, 0.5) is 11.4 Å². The molecule has 1 N–H and O–H groups in total. The summed E-state index contributed by atoms with van der Waals surface area (Å²) in [4.78, 5) is 53.9. The van der Waals surface area contributed by atoms with Crippen LogP contribution in [0.25, 0.3) is 10.2 Å². The van der Waals surface area contributed by atoms with Crippen molar-refractivity contribution in [1.82, 2.24) is 9.55 Å². The van der Waals surface area contributed by atoms with Crippen LogP contribution >= 0.6 is 11.3 Å². The first-order chi connectivity index (χ1) is 16.8. The Hall–Kier alpha value is -4.38. The van der Waals surface area contributed by atoms with Gasteiger partial charge < -0.3 is 10.1 Å². The van der Waals surface area contributed by atoms with Gasteiger partial charge in [0, 0.05) is 18.2 Å². The van der Waals surface area contributed by atoms with Gasteiger partial charge in [-0.1, -0.05) is 36.4 Å². The number of ether oxygens (including phenoxy) is 1. The molecule has 35 heavy (non-hydrogen) atoms. The number of fused-ring (bicyclic) bond motifs is 1. The first-order valence-electron chi connectivity index (χ1n) is 10.6. The topological polar surface area (TPSA) is 133 Å². The van der Waals surface area contributed by atoms with Crippen molar-refractivity contribution in [2.24, 2.45) is 0 Å². The van der Waals surface area contributed by atoms with E-state index in [-0.39, 0.29) is 29.9 Å². The van der Waals surface area contributed by atoms with E-state index in [1.807, 2.05) is 0 Å². The molecule has 0 saturated carbocycles. The monoisotopic (exact) mass is 492 g/mol. The van der Waals surface area contributed by atoms with Crippen molar-refractivity contribution in [2.75, 3.05) is 5.32 Å². The van der Waals surface area contributed by atoms with Crippen LogP contribution < -0.4 is 10.9 Å². The third kappa shape index (κ3) is 5.41. The van der Waals surface area contributed by atoms with Crippen LogP contribution in [0.1, 0.15) is 23.7 Å². The second kappa shape index (κ2) is 10.3. The van der Waals surface area contributed by atoms with E-state index >= 15 is 0 Å². The lowest BCUT2D eigenvalue weighted by Gasteiger charge is -2.18. The molecule has 0 radical (unpaired) electrons. The second-order valence-corrected chi connectivity index (χ2v) is 8.57. The molecular formula is C24H20N4O6S. The van der Waals surface area contributed by atoms with Gasteiger partial charge in [0.05, 0.1) is 23.1 Å². The zero-order chi connectivity index (χ0) is 24.9. The van der Waals surface area contributed by atoms with Gasteiger partial charge in [-0.3, -0.25) is 29.1 Å². The number of nitro groups is 1. The van der Waals surface area contributed by atoms with Crippen molar-refractivity contribution in [1.29, 1.82) is 0 Å². The average Bonchev–Trinajstić information content (AvgIpc) is 3.33. The van der Waals surface area contributed by atoms with Gasteiger partial charge in [0.2, 0.25) is 6.10 Å². The van der Waals surface area contributed by atoms with Gasteiger partial charge in [-0.05, 0) is 30.0 Å². The van der Waals surface area contributed by atoms with Crippen molar-refractivity contribution in [3.05, 3.63) is 97.9 Å². The van der Waals surface area contributed by atoms with E-state index < -0.39 is 22.9 Å². The third-order valence-electron chi connectivity index (χ3n) is 5.20. The van der Waals surface area contributed by atoms with Crippen LogP contribution in [0.2, 0.25) is 0 Å². The summed E-state index contributed by atoms with van der Waals surface area (Å²) in [6.07, 6.45) is -0.163. The zero-order valence-corrected chi connectivity index (χ0v) is 19.4. The molecule has 0 saturated heterocycles. The Morgan fingerprint density at radius 2 is 1.97 bits per heavy atom. The normalized spacial score (nSPS) is 11.7. The molecule has 0 spiro atoms. The van der Waals surface area contributed by atoms with Crippen molar-refractivity contribution >= 4 is 44.8 Å². The highest BCUT2D eigenvalue weighted by Crippen LogP contribution is 2.28. The third-order valence-corrected chi connectivity index (χ3v) is 6.03. The molecule has 11 heteroatoms. The van der Waals surface area contributed by atoms with E-state index in [9.17, 15) is 24.5 Å². The lowest BCUT2D eigenvalue weighted by atomic mass is 10.1. The molecule has 4 aromatic rings. The number of esters is 1. The van der Waals surface area contributed by atoms with Crippen LogP contribution in [-0.2, 0) is 20.9 Å². The first-order valence-corrected chi connectivity index (χ1v) is 11.4. The average molecular weight is 493 g/mol. The number of amides is 1. The molecule has 2 heterocycles. The van der Waals surface area contributed by atoms with E-state index in [2.05, 4.69) is 10.3 Å². The standard InChI is InChI=1S/C24H20N4O6S/c1-15-7-8-18(19(13-15)28(32)33)26-22(30)21(16-5-3-2-4-6-16)34-20(29)9-11-27-14-25-23-17(24(27)31)10-12-35-23/h2-8,10,12-14,21H,9,11H2,1H3,(H,26,30). The van der Waals surface area contributed by atoms with E-state index in [0.717, 1.165) is 0 Å². The quantitative estimate of drug-likeness (QED) is 0.223. The number of carbonyl (C=O) groups is 2. The number of aryl methyl sites for hydroxylation is 2. The fourth-order valence-corrected chi connectivity index (χ4v) is 4.18. The number of nitrogens with zero attached hydrogens (tertiary/aromatic N) is 3. The summed E-state index contributed by atoms with van der Waals surface area (Å²) in [6, 6.07) is 14.4. The second-order valence-electron chi connectivity index (χ2n) is 7.68. The Morgan fingerprint density at radius 1 is 1.20 bits per heavy atom. The van der Waals surface area contributed by atoms with Crippen LogP contribution in [0.5, 0.6) is 0 Å². The van der Waals surface area contributed by atoms with Crippen LogP contribution in [-0.4, -0.2) is 26.4 Å². The Bertz CT molecular complexity index is 1460. The summed E-state index contributed by atoms with van der Waals surface area (Å²) in [5.74, 6) is -1.46. The number of nitrogens with one attached hydrogen (secondary N) is 1. The van der Waals surface area contributed by atoms with Gasteiger partial charge in [0.1, 0.15) is 10.5 Å². The number of anilines is 1. The van der Waals surface area contributed by atoms with Crippen molar-refractivity contribution in [3.63, 3.8) is 0 Å². The van der Waals surface area contributed by atoms with Gasteiger partial charge in [-0.2, -0.15) is 0 Å². The Labute approximate surface area is 203 Å². The molecule has 2 aromatic carbocycles. The number of aromatic nitrogens is 2. The predicted octanol–water partition coefficient (Wildman–Crippen LogP) is 3.99. The summed E-state index contributed by atoms with van der Waals surface area (Å²) in [6.45, 7) is 1.72. The predicted molar refractivity (Wildman–Crippen MR) is 130 cm³/mol. The molecule has 1 amide bonds. The number of hydrogen-bond donors (Lipinski definition) is 1. The van der Waals surface area contributed by atoms with Gasteiger partial charge in [0.15, 0.2) is 0 Å². The lowest BCUT2D eigenvalue weighted by molar-refractivity contribution is -0.384. The number of carbonyl (C=O) groups excluding carboxylic acids is 2. The van der Waals surface area contributed by atoms with Gasteiger partial charge in [-0.15, -0.1) is 11.3 Å². The molecule has 0 aliphatic heterocycles. The molecule has 0 fully saturated rings. The molecule has 10 nitrogen and oxygen atoms in total. The molecule has 1 atom stereocenters. The lowest BCUT2D eigenvalue weighted by Crippen LogP contribution is -2.27. The fourth-order valence-electron chi connectivity index (χ4n) is 3.45. The highest BCUT2D eigenvalue weighted by molar-refractivity contribution is 7.16. The summed E-state index contributed by atoms with van der Waals surface area (Å²) >= 11 is 1.35. The van der Waals surface area contributed by atoms with Crippen molar-refractivity contribution in [3.8, 4) is 0 Å². The number of benzene rings is 2. The van der Waals surface area contributed by atoms with E-state index in [1.165, 1.54) is 34.4 Å². The van der Waals surface area contributed by atoms with Gasteiger partial charge in [0.25, 0.3) is 17.2 Å². The number of nitro benzene ring substituents is 1. The highest BCUT2D eigenvalue weighted by Gasteiger charge is 2.27. The van der Waals surface area contributed by atoms with Gasteiger partial charge in [-0.25, -0.2) is 4.98 Å². The smallest absolute Gasteiger partial charge is 0.308 e. The van der Waals surface area contributed by atoms with E-state index in [0.29, 0.717) is 21.3 Å². The van der Waals surface area contributed by atoms with Crippen molar-refractivity contribution in [2.45, 2.75) is 26.0 Å². The minimum absolute atomic E-state index is 0.00993. The first kappa shape index (κ1) is 23.8. The van der Waals surface area contributed by atoms with Crippen LogP contribution in [0.3, 0.4) is 0 Å². The number of thiophene rings is 1. The summed E-state index contributed by atoms with van der Waals surface area (Å²) in [5, 5.41) is 16.2. The summed E-state index contributed by atoms with van der Waals surface area (Å²) < 4.78 is 6.78. The highest BCUT2D eigenvalue weighted by atomic mass is 32.1. The molecule has 1 unspecified atom stereocenters.